The van der Waals surface area contributed by atoms with Gasteiger partial charge in [-0.05, 0) is 12.0 Å². The molecule has 1 aromatic carbocycles. The Labute approximate surface area is 148 Å². The van der Waals surface area contributed by atoms with Crippen LogP contribution in [0.15, 0.2) is 35.5 Å². The summed E-state index contributed by atoms with van der Waals surface area (Å²) in [6.45, 7) is 2.94. The molecule has 0 aliphatic heterocycles. The molecule has 0 saturated carbocycles. The van der Waals surface area contributed by atoms with Crippen molar-refractivity contribution in [2.24, 2.45) is 5.73 Å². The molecule has 0 aliphatic rings. The Morgan fingerprint density at radius 3 is 2.58 bits per heavy atom. The first-order valence-electron chi connectivity index (χ1n) is 8.57. The molecule has 5 nitrogen and oxygen atoms in total. The Balaban J connectivity index is 2.06. The van der Waals surface area contributed by atoms with Gasteiger partial charge < -0.3 is 10.3 Å². The van der Waals surface area contributed by atoms with E-state index in [1.54, 1.807) is 0 Å². The predicted molar refractivity (Wildman–Crippen MR) is 97.9 cm³/mol. The molecule has 2 aromatic rings. The molecule has 0 aliphatic carbocycles. The topological polar surface area (TPSA) is 73.8 Å². The highest BCUT2D eigenvalue weighted by atomic mass is 32.2. The number of nitrogens with zero attached hydrogens (tertiary/aromatic N) is 3. The van der Waals surface area contributed by atoms with Crippen molar-refractivity contribution in [3.8, 4) is 0 Å². The third kappa shape index (κ3) is 6.00. The van der Waals surface area contributed by atoms with Gasteiger partial charge in [0.2, 0.25) is 5.91 Å². The molecule has 0 radical (unpaired) electrons. The lowest BCUT2D eigenvalue weighted by molar-refractivity contribution is -0.115. The van der Waals surface area contributed by atoms with E-state index in [9.17, 15) is 4.79 Å². The minimum atomic E-state index is -0.338. The second-order valence-corrected chi connectivity index (χ2v) is 6.83. The summed E-state index contributed by atoms with van der Waals surface area (Å²) in [5, 5.41) is 9.38. The molecule has 130 valence electrons. The minimum Gasteiger partial charge on any atom is -0.369 e. The Morgan fingerprint density at radius 2 is 1.88 bits per heavy atom. The number of carbonyl (C=O) groups excluding carboxylic acids is 1. The maximum absolute atomic E-state index is 11.1. The monoisotopic (exact) mass is 346 g/mol. The molecular weight excluding hydrogens is 320 g/mol. The van der Waals surface area contributed by atoms with Crippen molar-refractivity contribution in [3.63, 3.8) is 0 Å². The maximum atomic E-state index is 11.1. The van der Waals surface area contributed by atoms with Crippen LogP contribution in [0.2, 0.25) is 0 Å². The van der Waals surface area contributed by atoms with Gasteiger partial charge in [-0.1, -0.05) is 74.7 Å². The fourth-order valence-corrected chi connectivity index (χ4v) is 3.25. The van der Waals surface area contributed by atoms with Gasteiger partial charge in [0.05, 0.1) is 12.3 Å². The Morgan fingerprint density at radius 1 is 1.12 bits per heavy atom. The zero-order chi connectivity index (χ0) is 17.2. The number of primary amides is 1. The number of carbonyl (C=O) groups is 1. The summed E-state index contributed by atoms with van der Waals surface area (Å²) in [6.07, 6.45) is 7.06. The van der Waals surface area contributed by atoms with Gasteiger partial charge in [0.25, 0.3) is 0 Å². The normalized spacial score (nSPS) is 10.9. The van der Waals surface area contributed by atoms with Gasteiger partial charge >= 0.3 is 0 Å². The van der Waals surface area contributed by atoms with Crippen LogP contribution in [-0.2, 0) is 17.8 Å². The summed E-state index contributed by atoms with van der Waals surface area (Å²) in [5.74, 6) is 0.876. The molecule has 1 heterocycles. The second kappa shape index (κ2) is 10.1. The van der Waals surface area contributed by atoms with Gasteiger partial charge in [0, 0.05) is 6.42 Å². The van der Waals surface area contributed by atoms with Crippen LogP contribution in [0.1, 0.15) is 50.4 Å². The largest absolute Gasteiger partial charge is 0.369 e. The molecule has 2 N–H and O–H groups in total. The Kier molecular flexibility index (Phi) is 7.82. The van der Waals surface area contributed by atoms with Crippen molar-refractivity contribution in [2.45, 2.75) is 57.1 Å². The molecule has 0 unspecified atom stereocenters. The van der Waals surface area contributed by atoms with Crippen LogP contribution in [0.5, 0.6) is 0 Å². The zero-order valence-electron chi connectivity index (χ0n) is 14.3. The summed E-state index contributed by atoms with van der Waals surface area (Å²) in [7, 11) is 0. The van der Waals surface area contributed by atoms with E-state index < -0.39 is 0 Å². The number of aryl methyl sites for hydroxylation is 1. The molecule has 1 amide bonds. The number of nitrogens with two attached hydrogens (primary N) is 1. The van der Waals surface area contributed by atoms with Crippen molar-refractivity contribution in [1.82, 2.24) is 14.8 Å². The van der Waals surface area contributed by atoms with Crippen LogP contribution < -0.4 is 5.73 Å². The number of hydrogen-bond donors (Lipinski definition) is 1. The van der Waals surface area contributed by atoms with Crippen LogP contribution in [0.3, 0.4) is 0 Å². The summed E-state index contributed by atoms with van der Waals surface area (Å²) < 4.78 is 2.11. The first kappa shape index (κ1) is 18.5. The van der Waals surface area contributed by atoms with Crippen molar-refractivity contribution in [2.75, 3.05) is 5.75 Å². The second-order valence-electron chi connectivity index (χ2n) is 5.89. The highest BCUT2D eigenvalue weighted by molar-refractivity contribution is 7.99. The summed E-state index contributed by atoms with van der Waals surface area (Å²) >= 11 is 1.36. The number of amides is 1. The van der Waals surface area contributed by atoms with Gasteiger partial charge in [-0.15, -0.1) is 10.2 Å². The Bertz CT molecular complexity index is 627. The smallest absolute Gasteiger partial charge is 0.227 e. The quantitative estimate of drug-likeness (QED) is 0.500. The van der Waals surface area contributed by atoms with Crippen LogP contribution >= 0.6 is 11.8 Å². The first-order chi connectivity index (χ1) is 11.7. The van der Waals surface area contributed by atoms with Gasteiger partial charge in [-0.25, -0.2) is 0 Å². The van der Waals surface area contributed by atoms with Crippen molar-refractivity contribution in [1.29, 1.82) is 0 Å². The predicted octanol–water partition coefficient (Wildman–Crippen LogP) is 3.42. The minimum absolute atomic E-state index is 0.226. The van der Waals surface area contributed by atoms with E-state index in [2.05, 4.69) is 33.8 Å². The molecule has 2 rings (SSSR count). The third-order valence-corrected chi connectivity index (χ3v) is 4.81. The van der Waals surface area contributed by atoms with Crippen LogP contribution in [-0.4, -0.2) is 26.4 Å². The van der Waals surface area contributed by atoms with Gasteiger partial charge in [0.15, 0.2) is 5.16 Å². The lowest BCUT2D eigenvalue weighted by atomic mass is 10.1. The molecule has 1 aromatic heterocycles. The van der Waals surface area contributed by atoms with Gasteiger partial charge in [0.1, 0.15) is 5.82 Å². The van der Waals surface area contributed by atoms with Gasteiger partial charge in [-0.2, -0.15) is 0 Å². The molecule has 0 fully saturated rings. The molecule has 0 bridgehead atoms. The number of thioether (sulfide) groups is 1. The lowest BCUT2D eigenvalue weighted by Gasteiger charge is -2.10. The number of hydrogen-bond acceptors (Lipinski definition) is 4. The zero-order valence-corrected chi connectivity index (χ0v) is 15.1. The number of unbranched alkanes of at least 4 members (excludes halogenated alkanes) is 4. The third-order valence-electron chi connectivity index (χ3n) is 3.82. The average Bonchev–Trinajstić information content (AvgIpc) is 2.95. The van der Waals surface area contributed by atoms with E-state index >= 15 is 0 Å². The number of aromatic nitrogens is 3. The molecule has 0 atom stereocenters. The van der Waals surface area contributed by atoms with Gasteiger partial charge in [-0.3, -0.25) is 4.79 Å². The average molecular weight is 347 g/mol. The summed E-state index contributed by atoms with van der Waals surface area (Å²) in [6, 6.07) is 10.2. The highest BCUT2D eigenvalue weighted by Gasteiger charge is 2.13. The SMILES string of the molecule is CCCCCCCc1nnc(SCC(N)=O)n1Cc1ccccc1. The van der Waals surface area contributed by atoms with E-state index in [1.807, 2.05) is 18.2 Å². The number of rotatable bonds is 11. The van der Waals surface area contributed by atoms with Crippen LogP contribution in [0.25, 0.3) is 0 Å². The summed E-state index contributed by atoms with van der Waals surface area (Å²) in [4.78, 5) is 11.1. The fourth-order valence-electron chi connectivity index (χ4n) is 2.56. The lowest BCUT2D eigenvalue weighted by Crippen LogP contribution is -2.14. The molecule has 6 heteroatoms. The van der Waals surface area contributed by atoms with E-state index in [0.29, 0.717) is 0 Å². The van der Waals surface area contributed by atoms with E-state index in [4.69, 9.17) is 5.73 Å². The molecule has 0 spiro atoms. The Hall–Kier alpha value is -1.82. The summed E-state index contributed by atoms with van der Waals surface area (Å²) in [5.41, 5.74) is 6.46. The molecule has 24 heavy (non-hydrogen) atoms. The first-order valence-corrected chi connectivity index (χ1v) is 9.56. The van der Waals surface area contributed by atoms with Crippen LogP contribution in [0.4, 0.5) is 0 Å². The highest BCUT2D eigenvalue weighted by Crippen LogP contribution is 2.20. The standard InChI is InChI=1S/C18H26N4OS/c1-2-3-4-5-9-12-17-20-21-18(24-14-16(19)23)22(17)13-15-10-7-6-8-11-15/h6-8,10-11H,2-5,9,12-14H2,1H3,(H2,19,23). The van der Waals surface area contributed by atoms with Crippen LogP contribution in [0, 0.1) is 0 Å². The van der Waals surface area contributed by atoms with E-state index in [1.165, 1.54) is 43.0 Å². The van der Waals surface area contributed by atoms with E-state index in [0.717, 1.165) is 30.4 Å². The van der Waals surface area contributed by atoms with Crippen molar-refractivity contribution < 1.29 is 4.79 Å². The fraction of sp³-hybridized carbons (Fsp3) is 0.500. The van der Waals surface area contributed by atoms with E-state index in [-0.39, 0.29) is 11.7 Å². The number of benzene rings is 1. The van der Waals surface area contributed by atoms with Crippen molar-refractivity contribution in [3.05, 3.63) is 41.7 Å². The maximum Gasteiger partial charge on any atom is 0.227 e. The molecule has 0 saturated heterocycles. The van der Waals surface area contributed by atoms with Crippen molar-refractivity contribution >= 4 is 17.7 Å². The molecular formula is C18H26N4OS.